The van der Waals surface area contributed by atoms with E-state index in [1.807, 2.05) is 19.2 Å². The Labute approximate surface area is 170 Å². The van der Waals surface area contributed by atoms with Gasteiger partial charge in [0.1, 0.15) is 17.2 Å². The molecule has 1 aliphatic rings. The van der Waals surface area contributed by atoms with Crippen molar-refractivity contribution >= 4 is 22.3 Å². The number of piperazine rings is 1. The van der Waals surface area contributed by atoms with Crippen LogP contribution in [0, 0.1) is 0 Å². The summed E-state index contributed by atoms with van der Waals surface area (Å²) >= 11 is 1.79. The SMILES string of the molecule is CN=C(NCc1c(OC)cc(OC)cc1OC)N1CCN(c2cccs2)CC1. The molecule has 28 heavy (non-hydrogen) atoms. The van der Waals surface area contributed by atoms with Crippen LogP contribution in [0.2, 0.25) is 0 Å². The molecule has 8 heteroatoms. The zero-order valence-electron chi connectivity index (χ0n) is 16.9. The number of guanidine groups is 1. The molecule has 1 aromatic heterocycles. The molecular formula is C20H28N4O3S. The highest BCUT2D eigenvalue weighted by Crippen LogP contribution is 2.34. The van der Waals surface area contributed by atoms with E-state index in [1.165, 1.54) is 5.00 Å². The molecule has 1 aliphatic heterocycles. The van der Waals surface area contributed by atoms with E-state index in [4.69, 9.17) is 14.2 Å². The first-order valence-electron chi connectivity index (χ1n) is 9.23. The van der Waals surface area contributed by atoms with Crippen molar-refractivity contribution in [1.82, 2.24) is 10.2 Å². The van der Waals surface area contributed by atoms with Gasteiger partial charge in [0.05, 0.1) is 38.4 Å². The van der Waals surface area contributed by atoms with Crippen LogP contribution in [-0.2, 0) is 6.54 Å². The van der Waals surface area contributed by atoms with Crippen molar-refractivity contribution in [1.29, 1.82) is 0 Å². The molecule has 0 spiro atoms. The smallest absolute Gasteiger partial charge is 0.194 e. The van der Waals surface area contributed by atoms with Gasteiger partial charge in [0.15, 0.2) is 5.96 Å². The third kappa shape index (κ3) is 4.44. The van der Waals surface area contributed by atoms with Crippen molar-refractivity contribution in [3.05, 3.63) is 35.2 Å². The van der Waals surface area contributed by atoms with Gasteiger partial charge in [0, 0.05) is 45.4 Å². The first-order valence-corrected chi connectivity index (χ1v) is 10.1. The molecule has 0 atom stereocenters. The fraction of sp³-hybridized carbons (Fsp3) is 0.450. The van der Waals surface area contributed by atoms with Crippen LogP contribution in [0.3, 0.4) is 0 Å². The van der Waals surface area contributed by atoms with Gasteiger partial charge >= 0.3 is 0 Å². The second kappa shape index (κ2) is 9.54. The normalized spacial score (nSPS) is 14.8. The second-order valence-electron chi connectivity index (χ2n) is 6.34. The first-order chi connectivity index (χ1) is 13.7. The number of ether oxygens (including phenoxy) is 3. The molecule has 1 aromatic carbocycles. The molecule has 1 N–H and O–H groups in total. The van der Waals surface area contributed by atoms with Gasteiger partial charge < -0.3 is 29.3 Å². The third-order valence-electron chi connectivity index (χ3n) is 4.85. The van der Waals surface area contributed by atoms with Crippen LogP contribution in [0.5, 0.6) is 17.2 Å². The molecule has 0 aliphatic carbocycles. The van der Waals surface area contributed by atoms with Crippen molar-refractivity contribution in [2.24, 2.45) is 4.99 Å². The Morgan fingerprint density at radius 1 is 1.07 bits per heavy atom. The van der Waals surface area contributed by atoms with Crippen molar-refractivity contribution in [2.75, 3.05) is 59.5 Å². The van der Waals surface area contributed by atoms with Crippen molar-refractivity contribution in [3.8, 4) is 17.2 Å². The lowest BCUT2D eigenvalue weighted by molar-refractivity contribution is 0.362. The molecule has 0 saturated carbocycles. The van der Waals surface area contributed by atoms with Gasteiger partial charge in [-0.05, 0) is 17.5 Å². The molecular weight excluding hydrogens is 376 g/mol. The minimum Gasteiger partial charge on any atom is -0.496 e. The summed E-state index contributed by atoms with van der Waals surface area (Å²) in [5, 5.41) is 6.90. The molecule has 3 rings (SSSR count). The maximum Gasteiger partial charge on any atom is 0.194 e. The second-order valence-corrected chi connectivity index (χ2v) is 7.26. The van der Waals surface area contributed by atoms with Gasteiger partial charge in [0.2, 0.25) is 0 Å². The van der Waals surface area contributed by atoms with E-state index in [0.717, 1.165) is 49.2 Å². The standard InChI is InChI=1S/C20H28N4O3S/c1-21-20(24-9-7-23(8-10-24)19-6-5-11-28-19)22-14-16-17(26-3)12-15(25-2)13-18(16)27-4/h5-6,11-13H,7-10,14H2,1-4H3,(H,21,22). The van der Waals surface area contributed by atoms with E-state index in [1.54, 1.807) is 32.7 Å². The van der Waals surface area contributed by atoms with E-state index in [2.05, 4.69) is 37.6 Å². The Bertz CT molecular complexity index is 762. The zero-order valence-corrected chi connectivity index (χ0v) is 17.7. The Morgan fingerprint density at radius 3 is 2.25 bits per heavy atom. The largest absolute Gasteiger partial charge is 0.496 e. The average Bonchev–Trinajstić information content (AvgIpc) is 3.29. The molecule has 0 unspecified atom stereocenters. The van der Waals surface area contributed by atoms with E-state index in [0.29, 0.717) is 12.3 Å². The van der Waals surface area contributed by atoms with E-state index in [9.17, 15) is 0 Å². The maximum atomic E-state index is 5.54. The number of anilines is 1. The molecule has 0 radical (unpaired) electrons. The summed E-state index contributed by atoms with van der Waals surface area (Å²) in [5.74, 6) is 3.03. The lowest BCUT2D eigenvalue weighted by Gasteiger charge is -2.37. The van der Waals surface area contributed by atoms with Crippen LogP contribution in [0.15, 0.2) is 34.6 Å². The summed E-state index contributed by atoms with van der Waals surface area (Å²) < 4.78 is 16.4. The Balaban J connectivity index is 1.65. The van der Waals surface area contributed by atoms with Crippen LogP contribution < -0.4 is 24.4 Å². The number of hydrogen-bond acceptors (Lipinski definition) is 6. The van der Waals surface area contributed by atoms with Gasteiger partial charge in [-0.2, -0.15) is 0 Å². The predicted molar refractivity (Wildman–Crippen MR) is 114 cm³/mol. The topological polar surface area (TPSA) is 58.6 Å². The minimum atomic E-state index is 0.550. The van der Waals surface area contributed by atoms with Gasteiger partial charge in [-0.1, -0.05) is 0 Å². The summed E-state index contributed by atoms with van der Waals surface area (Å²) in [6, 6.07) is 8.00. The van der Waals surface area contributed by atoms with Crippen LogP contribution >= 0.6 is 11.3 Å². The highest BCUT2D eigenvalue weighted by atomic mass is 32.1. The van der Waals surface area contributed by atoms with E-state index < -0.39 is 0 Å². The molecule has 7 nitrogen and oxygen atoms in total. The number of nitrogens with one attached hydrogen (secondary N) is 1. The summed E-state index contributed by atoms with van der Waals surface area (Å²) in [5.41, 5.74) is 0.934. The Morgan fingerprint density at radius 2 is 1.75 bits per heavy atom. The number of nitrogens with zero attached hydrogens (tertiary/aromatic N) is 3. The fourth-order valence-electron chi connectivity index (χ4n) is 3.34. The van der Waals surface area contributed by atoms with Crippen LogP contribution in [0.1, 0.15) is 5.56 Å². The van der Waals surface area contributed by atoms with Crippen LogP contribution in [0.4, 0.5) is 5.00 Å². The first kappa shape index (κ1) is 20.1. The maximum absolute atomic E-state index is 5.54. The number of hydrogen-bond donors (Lipinski definition) is 1. The zero-order chi connectivity index (χ0) is 19.9. The fourth-order valence-corrected chi connectivity index (χ4v) is 4.13. The highest BCUT2D eigenvalue weighted by Gasteiger charge is 2.21. The highest BCUT2D eigenvalue weighted by molar-refractivity contribution is 7.14. The molecule has 152 valence electrons. The summed E-state index contributed by atoms with van der Waals surface area (Å²) in [6.07, 6.45) is 0. The Kier molecular flexibility index (Phi) is 6.86. The lowest BCUT2D eigenvalue weighted by atomic mass is 10.1. The summed E-state index contributed by atoms with van der Waals surface area (Å²) in [4.78, 5) is 9.17. The van der Waals surface area contributed by atoms with Gasteiger partial charge in [-0.15, -0.1) is 11.3 Å². The summed E-state index contributed by atoms with van der Waals surface area (Å²) in [7, 11) is 6.74. The van der Waals surface area contributed by atoms with Gasteiger partial charge in [-0.3, -0.25) is 4.99 Å². The number of rotatable bonds is 6. The van der Waals surface area contributed by atoms with Crippen molar-refractivity contribution < 1.29 is 14.2 Å². The molecule has 2 heterocycles. The van der Waals surface area contributed by atoms with Crippen molar-refractivity contribution in [2.45, 2.75) is 6.54 Å². The molecule has 1 saturated heterocycles. The average molecular weight is 405 g/mol. The molecule has 1 fully saturated rings. The van der Waals surface area contributed by atoms with Gasteiger partial charge in [0.25, 0.3) is 0 Å². The molecule has 0 amide bonds. The predicted octanol–water partition coefficient (Wildman–Crippen LogP) is 2.67. The van der Waals surface area contributed by atoms with E-state index >= 15 is 0 Å². The van der Waals surface area contributed by atoms with Crippen molar-refractivity contribution in [3.63, 3.8) is 0 Å². The number of thiophene rings is 1. The Hall–Kier alpha value is -2.61. The number of aliphatic imine (C=N–C) groups is 1. The summed E-state index contributed by atoms with van der Waals surface area (Å²) in [6.45, 7) is 4.36. The quantitative estimate of drug-likeness (QED) is 0.590. The van der Waals surface area contributed by atoms with Crippen LogP contribution in [0.25, 0.3) is 0 Å². The van der Waals surface area contributed by atoms with Gasteiger partial charge in [-0.25, -0.2) is 0 Å². The van der Waals surface area contributed by atoms with Crippen LogP contribution in [-0.4, -0.2) is 65.4 Å². The van der Waals surface area contributed by atoms with E-state index in [-0.39, 0.29) is 0 Å². The monoisotopic (exact) mass is 404 g/mol. The lowest BCUT2D eigenvalue weighted by Crippen LogP contribution is -2.52. The number of benzene rings is 1. The molecule has 0 bridgehead atoms. The number of methoxy groups -OCH3 is 3. The molecule has 2 aromatic rings. The minimum absolute atomic E-state index is 0.550. The third-order valence-corrected chi connectivity index (χ3v) is 5.78.